The summed E-state index contributed by atoms with van der Waals surface area (Å²) in [5, 5.41) is 11.9. The van der Waals surface area contributed by atoms with Gasteiger partial charge in [0.05, 0.1) is 16.3 Å². The normalized spacial score (nSPS) is 10.3. The first-order valence-electron chi connectivity index (χ1n) is 5.74. The van der Waals surface area contributed by atoms with Gasteiger partial charge >= 0.3 is 5.97 Å². The monoisotopic (exact) mass is 294 g/mol. The van der Waals surface area contributed by atoms with Gasteiger partial charge in [0.25, 0.3) is 0 Å². The summed E-state index contributed by atoms with van der Waals surface area (Å²) in [7, 11) is 0. The van der Waals surface area contributed by atoms with E-state index in [2.05, 4.69) is 5.32 Å². The Bertz CT molecular complexity index is 689. The summed E-state index contributed by atoms with van der Waals surface area (Å²) in [6, 6.07) is 7.52. The Balaban J connectivity index is 2.44. The second-order valence-electron chi connectivity index (χ2n) is 4.29. The maximum Gasteiger partial charge on any atom is 0.337 e. The molecular formula is C14H12ClFN2O2. The molecule has 6 heteroatoms. The average Bonchev–Trinajstić information content (AvgIpc) is 2.38. The molecule has 0 aliphatic rings. The van der Waals surface area contributed by atoms with Crippen LogP contribution in [-0.4, -0.2) is 11.1 Å². The molecule has 0 unspecified atom stereocenters. The number of carboxylic acid groups (broad SMARTS) is 1. The van der Waals surface area contributed by atoms with Gasteiger partial charge in [-0.15, -0.1) is 0 Å². The highest BCUT2D eigenvalue weighted by atomic mass is 35.5. The highest BCUT2D eigenvalue weighted by Gasteiger charge is 2.13. The number of nitrogen functional groups attached to an aromatic ring is 1. The molecule has 0 aromatic heterocycles. The van der Waals surface area contributed by atoms with E-state index in [0.717, 1.165) is 0 Å². The molecule has 0 saturated carbocycles. The van der Waals surface area contributed by atoms with Crippen molar-refractivity contribution in [1.29, 1.82) is 0 Å². The van der Waals surface area contributed by atoms with Crippen LogP contribution >= 0.6 is 11.6 Å². The first-order valence-corrected chi connectivity index (χ1v) is 6.12. The van der Waals surface area contributed by atoms with Gasteiger partial charge in [-0.25, -0.2) is 9.18 Å². The van der Waals surface area contributed by atoms with Crippen LogP contribution < -0.4 is 11.1 Å². The van der Waals surface area contributed by atoms with Crippen LogP contribution in [0.2, 0.25) is 5.02 Å². The minimum absolute atomic E-state index is 0.0133. The molecule has 2 rings (SSSR count). The SMILES string of the molecule is Cc1cc(Nc2cccc(Cl)c2F)cc(C(=O)O)c1N. The Morgan fingerprint density at radius 2 is 2.10 bits per heavy atom. The van der Waals surface area contributed by atoms with E-state index < -0.39 is 11.8 Å². The summed E-state index contributed by atoms with van der Waals surface area (Å²) in [6.07, 6.45) is 0. The fourth-order valence-electron chi connectivity index (χ4n) is 1.80. The van der Waals surface area contributed by atoms with Crippen molar-refractivity contribution < 1.29 is 14.3 Å². The van der Waals surface area contributed by atoms with Crippen molar-refractivity contribution in [2.24, 2.45) is 0 Å². The molecule has 0 saturated heterocycles. The molecule has 0 aliphatic heterocycles. The maximum absolute atomic E-state index is 13.8. The second-order valence-corrected chi connectivity index (χ2v) is 4.69. The Morgan fingerprint density at radius 3 is 2.75 bits per heavy atom. The number of rotatable bonds is 3. The predicted molar refractivity (Wildman–Crippen MR) is 77.2 cm³/mol. The van der Waals surface area contributed by atoms with Crippen molar-refractivity contribution in [2.75, 3.05) is 11.1 Å². The van der Waals surface area contributed by atoms with E-state index in [-0.39, 0.29) is 22.0 Å². The molecule has 0 aliphatic carbocycles. The van der Waals surface area contributed by atoms with E-state index >= 15 is 0 Å². The molecule has 0 spiro atoms. The molecule has 0 amide bonds. The molecule has 0 bridgehead atoms. The number of aromatic carboxylic acids is 1. The van der Waals surface area contributed by atoms with Gasteiger partial charge in [-0.2, -0.15) is 0 Å². The molecule has 104 valence electrons. The summed E-state index contributed by atoms with van der Waals surface area (Å²) in [5.74, 6) is -1.73. The molecule has 2 aromatic carbocycles. The van der Waals surface area contributed by atoms with Gasteiger partial charge in [0.2, 0.25) is 0 Å². The van der Waals surface area contributed by atoms with Crippen LogP contribution in [0.15, 0.2) is 30.3 Å². The molecule has 4 N–H and O–H groups in total. The smallest absolute Gasteiger partial charge is 0.337 e. The summed E-state index contributed by atoms with van der Waals surface area (Å²) >= 11 is 5.69. The molecule has 2 aromatic rings. The lowest BCUT2D eigenvalue weighted by molar-refractivity contribution is 0.0698. The van der Waals surface area contributed by atoms with Crippen LogP contribution in [0.5, 0.6) is 0 Å². The summed E-state index contributed by atoms with van der Waals surface area (Å²) < 4.78 is 13.8. The Labute approximate surface area is 120 Å². The van der Waals surface area contributed by atoms with Crippen LogP contribution in [0.3, 0.4) is 0 Å². The van der Waals surface area contributed by atoms with E-state index in [1.165, 1.54) is 18.2 Å². The molecule has 20 heavy (non-hydrogen) atoms. The maximum atomic E-state index is 13.8. The molecular weight excluding hydrogens is 283 g/mol. The minimum atomic E-state index is -1.14. The van der Waals surface area contributed by atoms with Crippen LogP contribution in [0.25, 0.3) is 0 Å². The third-order valence-corrected chi connectivity index (χ3v) is 3.14. The number of benzene rings is 2. The molecule has 0 radical (unpaired) electrons. The van der Waals surface area contributed by atoms with Crippen LogP contribution in [0.4, 0.5) is 21.5 Å². The lowest BCUT2D eigenvalue weighted by Crippen LogP contribution is -2.06. The number of halogens is 2. The molecule has 4 nitrogen and oxygen atoms in total. The van der Waals surface area contributed by atoms with Gasteiger partial charge in [0.15, 0.2) is 5.82 Å². The highest BCUT2D eigenvalue weighted by molar-refractivity contribution is 6.31. The topological polar surface area (TPSA) is 75.3 Å². The number of nitrogens with one attached hydrogen (secondary N) is 1. The summed E-state index contributed by atoms with van der Waals surface area (Å²) in [6.45, 7) is 1.68. The minimum Gasteiger partial charge on any atom is -0.478 e. The first-order chi connectivity index (χ1) is 9.40. The van der Waals surface area contributed by atoms with Gasteiger partial charge in [0, 0.05) is 11.4 Å². The largest absolute Gasteiger partial charge is 0.478 e. The summed E-state index contributed by atoms with van der Waals surface area (Å²) in [4.78, 5) is 11.1. The second kappa shape index (κ2) is 5.38. The van der Waals surface area contributed by atoms with Gasteiger partial charge < -0.3 is 16.2 Å². The Hall–Kier alpha value is -2.27. The summed E-state index contributed by atoms with van der Waals surface area (Å²) in [5.41, 5.74) is 7.04. The number of anilines is 3. The number of hydrogen-bond donors (Lipinski definition) is 3. The average molecular weight is 295 g/mol. The fourth-order valence-corrected chi connectivity index (χ4v) is 1.98. The third-order valence-electron chi connectivity index (χ3n) is 2.85. The van der Waals surface area contributed by atoms with Crippen LogP contribution in [0.1, 0.15) is 15.9 Å². The van der Waals surface area contributed by atoms with Gasteiger partial charge in [0.1, 0.15) is 0 Å². The van der Waals surface area contributed by atoms with E-state index in [9.17, 15) is 9.18 Å². The third kappa shape index (κ3) is 2.67. The van der Waals surface area contributed by atoms with Crippen molar-refractivity contribution in [3.63, 3.8) is 0 Å². The van der Waals surface area contributed by atoms with Crippen molar-refractivity contribution in [1.82, 2.24) is 0 Å². The predicted octanol–water partition coefficient (Wildman–Crippen LogP) is 3.81. The zero-order valence-electron chi connectivity index (χ0n) is 10.6. The number of nitrogens with two attached hydrogens (primary N) is 1. The van der Waals surface area contributed by atoms with Crippen molar-refractivity contribution in [3.8, 4) is 0 Å². The zero-order chi connectivity index (χ0) is 14.9. The van der Waals surface area contributed by atoms with Gasteiger partial charge in [-0.05, 0) is 36.8 Å². The van der Waals surface area contributed by atoms with Crippen molar-refractivity contribution >= 4 is 34.6 Å². The van der Waals surface area contributed by atoms with Crippen LogP contribution in [0, 0.1) is 12.7 Å². The quantitative estimate of drug-likeness (QED) is 0.752. The molecule has 0 heterocycles. The van der Waals surface area contributed by atoms with Gasteiger partial charge in [-0.1, -0.05) is 17.7 Å². The van der Waals surface area contributed by atoms with Crippen molar-refractivity contribution in [2.45, 2.75) is 6.92 Å². The first kappa shape index (κ1) is 14.1. The molecule has 0 atom stereocenters. The van der Waals surface area contributed by atoms with Gasteiger partial charge in [-0.3, -0.25) is 0 Å². The van der Waals surface area contributed by atoms with Crippen LogP contribution in [-0.2, 0) is 0 Å². The highest BCUT2D eigenvalue weighted by Crippen LogP contribution is 2.28. The van der Waals surface area contributed by atoms with E-state index in [1.807, 2.05) is 0 Å². The number of carboxylic acids is 1. The van der Waals surface area contributed by atoms with E-state index in [1.54, 1.807) is 19.1 Å². The van der Waals surface area contributed by atoms with Crippen molar-refractivity contribution in [3.05, 3.63) is 52.3 Å². The lowest BCUT2D eigenvalue weighted by atomic mass is 10.1. The lowest BCUT2D eigenvalue weighted by Gasteiger charge is -2.12. The van der Waals surface area contributed by atoms with E-state index in [0.29, 0.717) is 11.3 Å². The number of carbonyl (C=O) groups is 1. The zero-order valence-corrected chi connectivity index (χ0v) is 11.3. The number of aryl methyl sites for hydroxylation is 1. The standard InChI is InChI=1S/C14H12ClFN2O2/c1-7-5-8(6-9(13(7)17)14(19)20)18-11-4-2-3-10(15)12(11)16/h2-6,18H,17H2,1H3,(H,19,20). The van der Waals surface area contributed by atoms with E-state index in [4.69, 9.17) is 22.4 Å². The Morgan fingerprint density at radius 1 is 1.40 bits per heavy atom. The number of hydrogen-bond acceptors (Lipinski definition) is 3. The fraction of sp³-hybridized carbons (Fsp3) is 0.0714. The molecule has 0 fully saturated rings. The Kier molecular flexibility index (Phi) is 3.81.